The minimum atomic E-state index is 0.559. The van der Waals surface area contributed by atoms with E-state index < -0.39 is 0 Å². The Morgan fingerprint density at radius 1 is 1.20 bits per heavy atom. The van der Waals surface area contributed by atoms with E-state index in [0.29, 0.717) is 5.15 Å². The summed E-state index contributed by atoms with van der Waals surface area (Å²) in [5, 5.41) is 4.97. The minimum Gasteiger partial charge on any atom is -0.317 e. The summed E-state index contributed by atoms with van der Waals surface area (Å²) in [5.74, 6) is 0.780. The van der Waals surface area contributed by atoms with Crippen molar-refractivity contribution in [3.8, 4) is 0 Å². The van der Waals surface area contributed by atoms with E-state index in [4.69, 9.17) is 11.6 Å². The van der Waals surface area contributed by atoms with Gasteiger partial charge in [0.25, 0.3) is 0 Å². The molecule has 106 valence electrons. The number of rotatable bonds is 3. The summed E-state index contributed by atoms with van der Waals surface area (Å²) in [6.07, 6.45) is 6.25. The molecule has 0 amide bonds. The highest BCUT2D eigenvalue weighted by molar-refractivity contribution is 6.34. The van der Waals surface area contributed by atoms with Crippen molar-refractivity contribution in [3.63, 3.8) is 0 Å². The van der Waals surface area contributed by atoms with Crippen molar-refractivity contribution in [2.45, 2.75) is 32.6 Å². The van der Waals surface area contributed by atoms with E-state index in [9.17, 15) is 0 Å². The SMILES string of the molecule is CCc1cc2ncnc(Cl)c2cc1CC1CCNCC1. The van der Waals surface area contributed by atoms with Crippen LogP contribution in [0.5, 0.6) is 0 Å². The van der Waals surface area contributed by atoms with Crippen LogP contribution in [-0.4, -0.2) is 23.1 Å². The fraction of sp³-hybridized carbons (Fsp3) is 0.500. The van der Waals surface area contributed by atoms with Gasteiger partial charge >= 0.3 is 0 Å². The standard InChI is InChI=1S/C16H20ClN3/c1-2-12-9-15-14(16(17)20-10-19-15)8-13(12)7-11-3-5-18-6-4-11/h8-11,18H,2-7H2,1H3. The van der Waals surface area contributed by atoms with E-state index in [1.807, 2.05) is 0 Å². The number of aromatic nitrogens is 2. The Balaban J connectivity index is 1.97. The van der Waals surface area contributed by atoms with Crippen LogP contribution in [0, 0.1) is 5.92 Å². The maximum atomic E-state index is 6.21. The molecule has 0 saturated carbocycles. The van der Waals surface area contributed by atoms with Gasteiger partial charge in [-0.2, -0.15) is 0 Å². The molecule has 1 aromatic heterocycles. The van der Waals surface area contributed by atoms with Crippen molar-refractivity contribution < 1.29 is 0 Å². The Morgan fingerprint density at radius 3 is 2.75 bits per heavy atom. The molecular formula is C16H20ClN3. The Kier molecular flexibility index (Phi) is 4.18. The molecule has 3 rings (SSSR count). The zero-order chi connectivity index (χ0) is 13.9. The van der Waals surface area contributed by atoms with Gasteiger partial charge < -0.3 is 5.32 Å². The quantitative estimate of drug-likeness (QED) is 0.880. The minimum absolute atomic E-state index is 0.559. The number of fused-ring (bicyclic) bond motifs is 1. The maximum Gasteiger partial charge on any atom is 0.140 e. The van der Waals surface area contributed by atoms with Crippen molar-refractivity contribution in [2.75, 3.05) is 13.1 Å². The summed E-state index contributed by atoms with van der Waals surface area (Å²) in [6.45, 7) is 4.49. The Labute approximate surface area is 124 Å². The van der Waals surface area contributed by atoms with Crippen LogP contribution in [0.3, 0.4) is 0 Å². The largest absolute Gasteiger partial charge is 0.317 e. The highest BCUT2D eigenvalue weighted by Gasteiger charge is 2.16. The van der Waals surface area contributed by atoms with Crippen LogP contribution in [0.25, 0.3) is 10.9 Å². The van der Waals surface area contributed by atoms with Gasteiger partial charge in [0.1, 0.15) is 11.5 Å². The number of piperidine rings is 1. The third-order valence-electron chi connectivity index (χ3n) is 4.26. The summed E-state index contributed by atoms with van der Waals surface area (Å²) in [6, 6.07) is 4.39. The molecule has 0 aliphatic carbocycles. The fourth-order valence-electron chi connectivity index (χ4n) is 3.08. The van der Waals surface area contributed by atoms with Gasteiger partial charge in [-0.15, -0.1) is 0 Å². The number of aryl methyl sites for hydroxylation is 1. The molecule has 0 unspecified atom stereocenters. The molecule has 0 radical (unpaired) electrons. The molecule has 1 aliphatic heterocycles. The monoisotopic (exact) mass is 289 g/mol. The van der Waals surface area contributed by atoms with Gasteiger partial charge in [0.15, 0.2) is 0 Å². The fourth-order valence-corrected chi connectivity index (χ4v) is 3.27. The first-order valence-corrected chi connectivity index (χ1v) is 7.78. The summed E-state index contributed by atoms with van der Waals surface area (Å²) < 4.78 is 0. The lowest BCUT2D eigenvalue weighted by atomic mass is 9.88. The predicted octanol–water partition coefficient (Wildman–Crippen LogP) is 3.39. The van der Waals surface area contributed by atoms with E-state index in [1.165, 1.54) is 30.3 Å². The van der Waals surface area contributed by atoms with Crippen LogP contribution in [0.1, 0.15) is 30.9 Å². The average molecular weight is 290 g/mol. The summed E-state index contributed by atoms with van der Waals surface area (Å²) in [4.78, 5) is 8.43. The number of hydrogen-bond acceptors (Lipinski definition) is 3. The van der Waals surface area contributed by atoms with Crippen LogP contribution in [0.15, 0.2) is 18.5 Å². The van der Waals surface area contributed by atoms with Gasteiger partial charge in [0.2, 0.25) is 0 Å². The number of benzene rings is 1. The molecule has 3 nitrogen and oxygen atoms in total. The summed E-state index contributed by atoms with van der Waals surface area (Å²) >= 11 is 6.21. The van der Waals surface area contributed by atoms with Gasteiger partial charge in [-0.25, -0.2) is 9.97 Å². The lowest BCUT2D eigenvalue weighted by Crippen LogP contribution is -2.28. The second-order valence-corrected chi connectivity index (χ2v) is 5.91. The molecule has 2 heterocycles. The van der Waals surface area contributed by atoms with E-state index in [-0.39, 0.29) is 0 Å². The lowest BCUT2D eigenvalue weighted by molar-refractivity contribution is 0.372. The highest BCUT2D eigenvalue weighted by atomic mass is 35.5. The smallest absolute Gasteiger partial charge is 0.140 e. The van der Waals surface area contributed by atoms with Crippen molar-refractivity contribution >= 4 is 22.5 Å². The van der Waals surface area contributed by atoms with Crippen LogP contribution >= 0.6 is 11.6 Å². The van der Waals surface area contributed by atoms with Crippen molar-refractivity contribution in [1.82, 2.24) is 15.3 Å². The Hall–Kier alpha value is -1.19. The van der Waals surface area contributed by atoms with Gasteiger partial charge in [-0.1, -0.05) is 18.5 Å². The number of halogens is 1. The van der Waals surface area contributed by atoms with Gasteiger partial charge in [0.05, 0.1) is 5.52 Å². The molecule has 0 atom stereocenters. The average Bonchev–Trinajstić information content (AvgIpc) is 2.48. The van der Waals surface area contributed by atoms with Gasteiger partial charge in [-0.05, 0) is 68.0 Å². The molecule has 20 heavy (non-hydrogen) atoms. The first-order chi connectivity index (χ1) is 9.78. The first-order valence-electron chi connectivity index (χ1n) is 7.40. The molecule has 1 aromatic carbocycles. The topological polar surface area (TPSA) is 37.8 Å². The molecular weight excluding hydrogens is 270 g/mol. The molecule has 1 N–H and O–H groups in total. The summed E-state index contributed by atoms with van der Waals surface area (Å²) in [7, 11) is 0. The van der Waals surface area contributed by atoms with Gasteiger partial charge in [0, 0.05) is 5.39 Å². The predicted molar refractivity (Wildman–Crippen MR) is 83.2 cm³/mol. The van der Waals surface area contributed by atoms with Crippen molar-refractivity contribution in [3.05, 3.63) is 34.7 Å². The number of hydrogen-bond donors (Lipinski definition) is 1. The van der Waals surface area contributed by atoms with E-state index in [0.717, 1.165) is 42.8 Å². The third kappa shape index (κ3) is 2.79. The molecule has 1 saturated heterocycles. The van der Waals surface area contributed by atoms with E-state index in [1.54, 1.807) is 0 Å². The molecule has 0 bridgehead atoms. The van der Waals surface area contributed by atoms with Crippen LogP contribution < -0.4 is 5.32 Å². The lowest BCUT2D eigenvalue weighted by Gasteiger charge is -2.23. The third-order valence-corrected chi connectivity index (χ3v) is 4.56. The van der Waals surface area contributed by atoms with Gasteiger partial charge in [-0.3, -0.25) is 0 Å². The molecule has 2 aromatic rings. The number of nitrogens with zero attached hydrogens (tertiary/aromatic N) is 2. The summed E-state index contributed by atoms with van der Waals surface area (Å²) in [5.41, 5.74) is 3.77. The normalized spacial score (nSPS) is 16.7. The molecule has 4 heteroatoms. The second-order valence-electron chi connectivity index (χ2n) is 5.55. The Bertz CT molecular complexity index is 606. The highest BCUT2D eigenvalue weighted by Crippen LogP contribution is 2.27. The number of nitrogens with one attached hydrogen (secondary N) is 1. The maximum absolute atomic E-state index is 6.21. The zero-order valence-corrected chi connectivity index (χ0v) is 12.6. The van der Waals surface area contributed by atoms with E-state index >= 15 is 0 Å². The molecule has 1 fully saturated rings. The molecule has 1 aliphatic rings. The van der Waals surface area contributed by atoms with Crippen LogP contribution in [-0.2, 0) is 12.8 Å². The molecule has 0 spiro atoms. The second kappa shape index (κ2) is 6.06. The zero-order valence-electron chi connectivity index (χ0n) is 11.8. The Morgan fingerprint density at radius 2 is 2.00 bits per heavy atom. The first kappa shape index (κ1) is 13.8. The van der Waals surface area contributed by atoms with Crippen molar-refractivity contribution in [2.24, 2.45) is 5.92 Å². The van der Waals surface area contributed by atoms with E-state index in [2.05, 4.69) is 34.3 Å². The van der Waals surface area contributed by atoms with Crippen LogP contribution in [0.2, 0.25) is 5.15 Å². The van der Waals surface area contributed by atoms with Crippen molar-refractivity contribution in [1.29, 1.82) is 0 Å². The van der Waals surface area contributed by atoms with Crippen LogP contribution in [0.4, 0.5) is 0 Å².